The van der Waals surface area contributed by atoms with Crippen LogP contribution in [0.3, 0.4) is 0 Å². The third kappa shape index (κ3) is 5.06. The first-order valence-electron chi connectivity index (χ1n) is 11.2. The lowest BCUT2D eigenvalue weighted by atomic mass is 9.82. The Morgan fingerprint density at radius 2 is 2.03 bits per heavy atom. The minimum Gasteiger partial charge on any atom is -0.477 e. The van der Waals surface area contributed by atoms with Crippen LogP contribution in [-0.2, 0) is 18.8 Å². The molecule has 3 heterocycles. The van der Waals surface area contributed by atoms with Gasteiger partial charge < -0.3 is 19.2 Å². The summed E-state index contributed by atoms with van der Waals surface area (Å²) in [5, 5.41) is 9.87. The van der Waals surface area contributed by atoms with E-state index in [9.17, 15) is 23.9 Å². The van der Waals surface area contributed by atoms with Gasteiger partial charge in [0.2, 0.25) is 5.91 Å². The summed E-state index contributed by atoms with van der Waals surface area (Å²) in [5.74, 6) is -1.82. The monoisotopic (exact) mass is 480 g/mol. The zero-order chi connectivity index (χ0) is 24.7. The molecule has 0 aromatic carbocycles. The van der Waals surface area contributed by atoms with E-state index in [0.717, 1.165) is 0 Å². The highest BCUT2D eigenvalue weighted by atomic mass is 28.4. The molecule has 0 radical (unpaired) electrons. The van der Waals surface area contributed by atoms with Crippen LogP contribution in [0.25, 0.3) is 0 Å². The van der Waals surface area contributed by atoms with Gasteiger partial charge in [-0.05, 0) is 51.1 Å². The molecule has 2 fully saturated rings. The van der Waals surface area contributed by atoms with Crippen LogP contribution in [0.4, 0.5) is 9.18 Å². The minimum absolute atomic E-state index is 0.0217. The standard InChI is InChI=1S/C23H33FN2O6Si/c1-7-8-31-23(30)25-12-15(24)10-16(25)9-13(2)17-11-18-19(14(3)32-33(4,5)6)21(27)26(18)20(17)22(28)29/h7,9,14-16,18-19H,1,8,10-12H2,2-6H3,(H,28,29)/t14-,15?,16-,18-,19-/m1/s1. The SMILES string of the molecule is C=CCOC(=O)N1CC(F)C[C@H]1C=C(C)C1=C(C(=O)O)N2C(=O)[C@H]([C@@H](C)O[Si](C)(C)C)[C@H]2C1. The highest BCUT2D eigenvalue weighted by Crippen LogP contribution is 2.46. The summed E-state index contributed by atoms with van der Waals surface area (Å²) in [6, 6.07) is -0.840. The molecular formula is C23H33FN2O6Si. The van der Waals surface area contributed by atoms with E-state index in [-0.39, 0.29) is 43.3 Å². The fourth-order valence-corrected chi connectivity index (χ4v) is 6.28. The van der Waals surface area contributed by atoms with E-state index in [1.54, 1.807) is 13.0 Å². The molecule has 5 atom stereocenters. The predicted molar refractivity (Wildman–Crippen MR) is 123 cm³/mol. The second kappa shape index (κ2) is 9.42. The van der Waals surface area contributed by atoms with Crippen LogP contribution >= 0.6 is 0 Å². The molecule has 0 aromatic heterocycles. The number of halogens is 1. The van der Waals surface area contributed by atoms with Crippen molar-refractivity contribution in [2.75, 3.05) is 13.2 Å². The largest absolute Gasteiger partial charge is 0.477 e. The van der Waals surface area contributed by atoms with Crippen LogP contribution < -0.4 is 0 Å². The third-order valence-electron chi connectivity index (χ3n) is 6.23. The Bertz CT molecular complexity index is 911. The van der Waals surface area contributed by atoms with Crippen LogP contribution in [0.15, 0.2) is 35.6 Å². The van der Waals surface area contributed by atoms with Gasteiger partial charge in [-0.1, -0.05) is 18.7 Å². The number of likely N-dealkylation sites (tertiary alicyclic amines) is 1. The fraction of sp³-hybridized carbons (Fsp3) is 0.609. The Morgan fingerprint density at radius 3 is 2.61 bits per heavy atom. The molecular weight excluding hydrogens is 447 g/mol. The molecule has 0 spiro atoms. The highest BCUT2D eigenvalue weighted by molar-refractivity contribution is 6.69. The molecule has 1 unspecified atom stereocenters. The zero-order valence-electron chi connectivity index (χ0n) is 19.8. The van der Waals surface area contributed by atoms with Crippen LogP contribution in [0.5, 0.6) is 0 Å². The lowest BCUT2D eigenvalue weighted by molar-refractivity contribution is -0.160. The van der Waals surface area contributed by atoms with Crippen molar-refractivity contribution in [3.63, 3.8) is 0 Å². The summed E-state index contributed by atoms with van der Waals surface area (Å²) in [5.41, 5.74) is 1.11. The first kappa shape index (κ1) is 25.2. The Labute approximate surface area is 194 Å². The first-order valence-corrected chi connectivity index (χ1v) is 14.6. The number of hydrogen-bond acceptors (Lipinski definition) is 5. The van der Waals surface area contributed by atoms with Crippen LogP contribution in [0.2, 0.25) is 19.6 Å². The summed E-state index contributed by atoms with van der Waals surface area (Å²) in [7, 11) is -1.88. The number of β-lactam (4-membered cyclic amide) rings is 1. The lowest BCUT2D eigenvalue weighted by Crippen LogP contribution is -2.63. The number of fused-ring (bicyclic) bond motifs is 1. The quantitative estimate of drug-likeness (QED) is 0.325. The normalized spacial score (nSPS) is 28.5. The van der Waals surface area contributed by atoms with E-state index < -0.39 is 38.5 Å². The molecule has 2 amide bonds. The molecule has 3 aliphatic heterocycles. The molecule has 0 aromatic rings. The number of nitrogens with zero attached hydrogens (tertiary/aromatic N) is 2. The Morgan fingerprint density at radius 1 is 1.36 bits per heavy atom. The van der Waals surface area contributed by atoms with Gasteiger partial charge in [-0.3, -0.25) is 9.69 Å². The Balaban J connectivity index is 1.84. The number of aliphatic carboxylic acids is 1. The molecule has 10 heteroatoms. The number of carboxylic acid groups (broad SMARTS) is 1. The van der Waals surface area contributed by atoms with Gasteiger partial charge >= 0.3 is 12.1 Å². The van der Waals surface area contributed by atoms with Crippen LogP contribution in [0, 0.1) is 5.92 Å². The van der Waals surface area contributed by atoms with Gasteiger partial charge in [0.15, 0.2) is 8.32 Å². The van der Waals surface area contributed by atoms with Crippen molar-refractivity contribution < 1.29 is 33.0 Å². The van der Waals surface area contributed by atoms with Crippen molar-refractivity contribution in [3.05, 3.63) is 35.6 Å². The maximum atomic E-state index is 14.1. The van der Waals surface area contributed by atoms with Crippen LogP contribution in [0.1, 0.15) is 26.7 Å². The maximum Gasteiger partial charge on any atom is 0.410 e. The summed E-state index contributed by atoms with van der Waals surface area (Å²) in [6.45, 7) is 13.2. The second-order valence-electron chi connectivity index (χ2n) is 9.84. The molecule has 0 aliphatic carbocycles. The second-order valence-corrected chi connectivity index (χ2v) is 14.3. The van der Waals surface area contributed by atoms with Gasteiger partial charge in [0.05, 0.1) is 30.7 Å². The number of carbonyl (C=O) groups is 3. The number of rotatable bonds is 8. The molecule has 3 rings (SSSR count). The molecule has 182 valence electrons. The van der Waals surface area contributed by atoms with Crippen LogP contribution in [-0.4, -0.2) is 78.7 Å². The molecule has 33 heavy (non-hydrogen) atoms. The molecule has 0 saturated carbocycles. The average molecular weight is 481 g/mol. The number of ether oxygens (including phenoxy) is 1. The number of carbonyl (C=O) groups excluding carboxylic acids is 2. The van der Waals surface area contributed by atoms with Gasteiger partial charge in [0.25, 0.3) is 0 Å². The topological polar surface area (TPSA) is 96.4 Å². The van der Waals surface area contributed by atoms with Gasteiger partial charge in [0, 0.05) is 6.42 Å². The van der Waals surface area contributed by atoms with E-state index in [0.29, 0.717) is 17.6 Å². The minimum atomic E-state index is -1.88. The van der Waals surface area contributed by atoms with E-state index in [2.05, 4.69) is 6.58 Å². The van der Waals surface area contributed by atoms with Crippen molar-refractivity contribution in [2.24, 2.45) is 5.92 Å². The summed E-state index contributed by atoms with van der Waals surface area (Å²) < 4.78 is 25.3. The molecule has 3 aliphatic rings. The number of carboxylic acids is 1. The summed E-state index contributed by atoms with van der Waals surface area (Å²) >= 11 is 0. The van der Waals surface area contributed by atoms with Gasteiger partial charge in [-0.25, -0.2) is 14.0 Å². The molecule has 2 saturated heterocycles. The molecule has 1 N–H and O–H groups in total. The predicted octanol–water partition coefficient (Wildman–Crippen LogP) is 3.48. The highest BCUT2D eigenvalue weighted by Gasteiger charge is 2.57. The number of amides is 2. The lowest BCUT2D eigenvalue weighted by Gasteiger charge is -2.47. The third-order valence-corrected chi connectivity index (χ3v) is 7.31. The summed E-state index contributed by atoms with van der Waals surface area (Å²) in [6.07, 6.45) is 1.49. The number of hydrogen-bond donors (Lipinski definition) is 1. The van der Waals surface area contributed by atoms with Gasteiger partial charge in [0.1, 0.15) is 18.5 Å². The van der Waals surface area contributed by atoms with Crippen molar-refractivity contribution in [3.8, 4) is 0 Å². The van der Waals surface area contributed by atoms with Crippen molar-refractivity contribution >= 4 is 26.3 Å². The van der Waals surface area contributed by atoms with E-state index in [1.807, 2.05) is 26.6 Å². The van der Waals surface area contributed by atoms with E-state index in [4.69, 9.17) is 9.16 Å². The zero-order valence-corrected chi connectivity index (χ0v) is 20.8. The summed E-state index contributed by atoms with van der Waals surface area (Å²) in [4.78, 5) is 40.0. The average Bonchev–Trinajstić information content (AvgIpc) is 3.22. The van der Waals surface area contributed by atoms with Crippen molar-refractivity contribution in [1.82, 2.24) is 9.80 Å². The van der Waals surface area contributed by atoms with Gasteiger partial charge in [-0.15, -0.1) is 0 Å². The van der Waals surface area contributed by atoms with E-state index in [1.165, 1.54) is 15.9 Å². The number of alkyl halides is 1. The smallest absolute Gasteiger partial charge is 0.410 e. The maximum absolute atomic E-state index is 14.1. The van der Waals surface area contributed by atoms with Crippen molar-refractivity contribution in [1.29, 1.82) is 0 Å². The fourth-order valence-electron chi connectivity index (χ4n) is 5.02. The first-order chi connectivity index (χ1) is 15.4. The van der Waals surface area contributed by atoms with Gasteiger partial charge in [-0.2, -0.15) is 0 Å². The number of allylic oxidation sites excluding steroid dienone is 1. The Kier molecular flexibility index (Phi) is 7.18. The van der Waals surface area contributed by atoms with Crippen molar-refractivity contribution in [2.45, 2.75) is 70.7 Å². The molecule has 0 bridgehead atoms. The van der Waals surface area contributed by atoms with E-state index >= 15 is 0 Å². The Hall–Kier alpha value is -2.46. The molecule has 8 nitrogen and oxygen atoms in total.